The normalized spacial score (nSPS) is 14.1. The molecule has 1 fully saturated rings. The van der Waals surface area contributed by atoms with Crippen molar-refractivity contribution in [2.75, 3.05) is 55.8 Å². The highest BCUT2D eigenvalue weighted by atomic mass is 15.2. The molecule has 0 bridgehead atoms. The lowest BCUT2D eigenvalue weighted by molar-refractivity contribution is 0.405. The van der Waals surface area contributed by atoms with E-state index in [0.717, 1.165) is 49.8 Å². The van der Waals surface area contributed by atoms with E-state index in [1.807, 2.05) is 13.0 Å². The molecule has 6 nitrogen and oxygen atoms in total. The van der Waals surface area contributed by atoms with Crippen molar-refractivity contribution in [3.63, 3.8) is 0 Å². The average molecular weight is 355 g/mol. The van der Waals surface area contributed by atoms with Crippen LogP contribution >= 0.6 is 0 Å². The van der Waals surface area contributed by atoms with E-state index in [9.17, 15) is 0 Å². The van der Waals surface area contributed by atoms with Crippen molar-refractivity contribution in [3.05, 3.63) is 36.0 Å². The van der Waals surface area contributed by atoms with Gasteiger partial charge in [0.15, 0.2) is 0 Å². The molecule has 140 valence electrons. The number of aryl methyl sites for hydroxylation is 1. The van der Waals surface area contributed by atoms with Gasteiger partial charge in [0.25, 0.3) is 0 Å². The third kappa shape index (κ3) is 5.33. The summed E-state index contributed by atoms with van der Waals surface area (Å²) in [4.78, 5) is 13.7. The fraction of sp³-hybridized carbons (Fsp3) is 0.500. The predicted octanol–water partition coefficient (Wildman–Crippen LogP) is 3.49. The first-order chi connectivity index (χ1) is 12.6. The second kappa shape index (κ2) is 8.85. The first-order valence-electron chi connectivity index (χ1n) is 9.46. The first kappa shape index (κ1) is 18.5. The Hall–Kier alpha value is -2.34. The molecule has 2 heterocycles. The Morgan fingerprint density at radius 3 is 2.50 bits per heavy atom. The molecule has 0 spiro atoms. The van der Waals surface area contributed by atoms with E-state index in [-0.39, 0.29) is 0 Å². The first-order valence-corrected chi connectivity index (χ1v) is 9.46. The lowest BCUT2D eigenvalue weighted by Crippen LogP contribution is -2.17. The summed E-state index contributed by atoms with van der Waals surface area (Å²) in [5, 5.41) is 6.71. The van der Waals surface area contributed by atoms with Gasteiger partial charge in [0.1, 0.15) is 5.82 Å². The van der Waals surface area contributed by atoms with Crippen LogP contribution in [0.15, 0.2) is 30.3 Å². The molecule has 1 aromatic carbocycles. The molecule has 1 aromatic heterocycles. The number of nitrogens with zero attached hydrogens (tertiary/aromatic N) is 4. The summed E-state index contributed by atoms with van der Waals surface area (Å²) in [5.74, 6) is 1.50. The van der Waals surface area contributed by atoms with Gasteiger partial charge in [-0.05, 0) is 71.1 Å². The minimum absolute atomic E-state index is 0.633. The van der Waals surface area contributed by atoms with Gasteiger partial charge < -0.3 is 20.4 Å². The molecule has 2 N–H and O–H groups in total. The van der Waals surface area contributed by atoms with E-state index in [0.29, 0.717) is 5.95 Å². The van der Waals surface area contributed by atoms with Crippen LogP contribution in [-0.4, -0.2) is 55.1 Å². The molecule has 1 aliphatic rings. The topological polar surface area (TPSA) is 56.3 Å². The van der Waals surface area contributed by atoms with Crippen molar-refractivity contribution in [2.24, 2.45) is 0 Å². The quantitative estimate of drug-likeness (QED) is 0.708. The summed E-state index contributed by atoms with van der Waals surface area (Å²) in [6, 6.07) is 10.5. The summed E-state index contributed by atoms with van der Waals surface area (Å²) in [6.07, 6.45) is 3.67. The molecule has 1 aliphatic heterocycles. The van der Waals surface area contributed by atoms with Crippen LogP contribution in [0.4, 0.5) is 23.1 Å². The molecule has 0 aliphatic carbocycles. The largest absolute Gasteiger partial charge is 0.372 e. The fourth-order valence-electron chi connectivity index (χ4n) is 3.19. The van der Waals surface area contributed by atoms with Crippen LogP contribution in [0.5, 0.6) is 0 Å². The Labute approximate surface area is 156 Å². The summed E-state index contributed by atoms with van der Waals surface area (Å²) in [6.45, 7) is 6.28. The standard InChI is InChI=1S/C20H30N6/c1-16-15-19(21-11-6-12-25(2)3)24-20(22-16)23-17-7-9-18(10-8-17)26-13-4-5-14-26/h7-10,15H,4-6,11-14H2,1-3H3,(H2,21,22,23,24). The number of hydrogen-bond acceptors (Lipinski definition) is 6. The highest BCUT2D eigenvalue weighted by Crippen LogP contribution is 2.23. The Balaban J connectivity index is 1.60. The van der Waals surface area contributed by atoms with E-state index in [1.54, 1.807) is 0 Å². The molecule has 2 aromatic rings. The summed E-state index contributed by atoms with van der Waals surface area (Å²) >= 11 is 0. The highest BCUT2D eigenvalue weighted by Gasteiger charge is 2.12. The van der Waals surface area contributed by atoms with Crippen LogP contribution in [0.25, 0.3) is 0 Å². The van der Waals surface area contributed by atoms with E-state index in [1.165, 1.54) is 18.5 Å². The molecule has 26 heavy (non-hydrogen) atoms. The second-order valence-corrected chi connectivity index (χ2v) is 7.17. The minimum Gasteiger partial charge on any atom is -0.372 e. The molecule has 6 heteroatoms. The van der Waals surface area contributed by atoms with Crippen molar-refractivity contribution >= 4 is 23.1 Å². The summed E-state index contributed by atoms with van der Waals surface area (Å²) < 4.78 is 0. The van der Waals surface area contributed by atoms with Crippen molar-refractivity contribution in [1.29, 1.82) is 0 Å². The fourth-order valence-corrected chi connectivity index (χ4v) is 3.19. The van der Waals surface area contributed by atoms with Crippen LogP contribution in [0.2, 0.25) is 0 Å². The molecule has 0 amide bonds. The Morgan fingerprint density at radius 1 is 1.08 bits per heavy atom. The van der Waals surface area contributed by atoms with Gasteiger partial charge in [-0.15, -0.1) is 0 Å². The van der Waals surface area contributed by atoms with Gasteiger partial charge in [-0.25, -0.2) is 4.98 Å². The van der Waals surface area contributed by atoms with E-state index >= 15 is 0 Å². The van der Waals surface area contributed by atoms with Gasteiger partial charge in [0.2, 0.25) is 5.95 Å². The second-order valence-electron chi connectivity index (χ2n) is 7.17. The van der Waals surface area contributed by atoms with Gasteiger partial charge in [-0.3, -0.25) is 0 Å². The van der Waals surface area contributed by atoms with Gasteiger partial charge in [-0.1, -0.05) is 0 Å². The maximum Gasteiger partial charge on any atom is 0.229 e. The van der Waals surface area contributed by atoms with Crippen molar-refractivity contribution in [1.82, 2.24) is 14.9 Å². The van der Waals surface area contributed by atoms with Gasteiger partial charge in [-0.2, -0.15) is 4.98 Å². The Morgan fingerprint density at radius 2 is 1.81 bits per heavy atom. The van der Waals surface area contributed by atoms with Gasteiger partial charge >= 0.3 is 0 Å². The zero-order valence-electron chi connectivity index (χ0n) is 16.1. The van der Waals surface area contributed by atoms with Crippen LogP contribution in [0.3, 0.4) is 0 Å². The van der Waals surface area contributed by atoms with Crippen LogP contribution in [0.1, 0.15) is 25.0 Å². The smallest absolute Gasteiger partial charge is 0.229 e. The number of nitrogens with one attached hydrogen (secondary N) is 2. The number of anilines is 4. The zero-order valence-corrected chi connectivity index (χ0v) is 16.1. The van der Waals surface area contributed by atoms with E-state index < -0.39 is 0 Å². The molecule has 0 saturated carbocycles. The molecule has 0 radical (unpaired) electrons. The monoisotopic (exact) mass is 354 g/mol. The summed E-state index contributed by atoms with van der Waals surface area (Å²) in [7, 11) is 4.18. The van der Waals surface area contributed by atoms with Crippen LogP contribution in [-0.2, 0) is 0 Å². The molecule has 3 rings (SSSR count). The molecular formula is C20H30N6. The molecule has 1 saturated heterocycles. The SMILES string of the molecule is Cc1cc(NCCCN(C)C)nc(Nc2ccc(N3CCCC3)cc2)n1. The Kier molecular flexibility index (Phi) is 6.28. The number of rotatable bonds is 8. The third-order valence-corrected chi connectivity index (χ3v) is 4.54. The van der Waals surface area contributed by atoms with Crippen molar-refractivity contribution in [3.8, 4) is 0 Å². The predicted molar refractivity (Wildman–Crippen MR) is 110 cm³/mol. The lowest BCUT2D eigenvalue weighted by Gasteiger charge is -2.18. The highest BCUT2D eigenvalue weighted by molar-refractivity contribution is 5.60. The average Bonchev–Trinajstić information content (AvgIpc) is 3.13. The maximum atomic E-state index is 4.59. The maximum absolute atomic E-state index is 4.59. The molecular weight excluding hydrogens is 324 g/mol. The van der Waals surface area contributed by atoms with Crippen molar-refractivity contribution in [2.45, 2.75) is 26.2 Å². The third-order valence-electron chi connectivity index (χ3n) is 4.54. The lowest BCUT2D eigenvalue weighted by atomic mass is 10.2. The summed E-state index contributed by atoms with van der Waals surface area (Å²) in [5.41, 5.74) is 3.25. The van der Waals surface area contributed by atoms with Gasteiger partial charge in [0, 0.05) is 42.8 Å². The minimum atomic E-state index is 0.633. The number of benzene rings is 1. The molecule has 0 atom stereocenters. The Bertz CT molecular complexity index is 692. The van der Waals surface area contributed by atoms with E-state index in [2.05, 4.69) is 68.8 Å². The number of aromatic nitrogens is 2. The van der Waals surface area contributed by atoms with Crippen LogP contribution < -0.4 is 15.5 Å². The van der Waals surface area contributed by atoms with E-state index in [4.69, 9.17) is 0 Å². The number of hydrogen-bond donors (Lipinski definition) is 2. The molecule has 0 unspecified atom stereocenters. The van der Waals surface area contributed by atoms with Crippen LogP contribution in [0, 0.1) is 6.92 Å². The van der Waals surface area contributed by atoms with Crippen molar-refractivity contribution < 1.29 is 0 Å². The zero-order chi connectivity index (χ0) is 18.4. The van der Waals surface area contributed by atoms with Gasteiger partial charge in [0.05, 0.1) is 0 Å².